The van der Waals surface area contributed by atoms with Gasteiger partial charge in [-0.15, -0.1) is 6.58 Å². The van der Waals surface area contributed by atoms with Crippen LogP contribution in [0.3, 0.4) is 0 Å². The average molecular weight is 156 g/mol. The summed E-state index contributed by atoms with van der Waals surface area (Å²) in [4.78, 5) is 9.88. The molecule has 0 atom stereocenters. The van der Waals surface area contributed by atoms with Crippen molar-refractivity contribution in [2.75, 3.05) is 6.61 Å². The van der Waals surface area contributed by atoms with Crippen molar-refractivity contribution in [3.8, 4) is 0 Å². The number of carbonyl (C=O) groups is 1. The Morgan fingerprint density at radius 3 is 2.64 bits per heavy atom. The zero-order valence-corrected chi connectivity index (χ0v) is 7.30. The maximum Gasteiger partial charge on any atom is 0.293 e. The molecule has 0 amide bonds. The SMILES string of the molecule is C=CCCC(C)(C)COC=O. The highest BCUT2D eigenvalue weighted by atomic mass is 16.5. The smallest absolute Gasteiger partial charge is 0.293 e. The molecule has 2 heteroatoms. The minimum Gasteiger partial charge on any atom is -0.467 e. The van der Waals surface area contributed by atoms with Crippen LogP contribution in [0, 0.1) is 5.41 Å². The zero-order valence-electron chi connectivity index (χ0n) is 7.30. The molecule has 0 rings (SSSR count). The molecule has 0 radical (unpaired) electrons. The lowest BCUT2D eigenvalue weighted by molar-refractivity contribution is -0.131. The van der Waals surface area contributed by atoms with Crippen molar-refractivity contribution in [2.45, 2.75) is 26.7 Å². The Hall–Kier alpha value is -0.790. The summed E-state index contributed by atoms with van der Waals surface area (Å²) < 4.78 is 4.68. The molecule has 0 spiro atoms. The Bertz CT molecular complexity index is 114. The molecule has 0 aromatic carbocycles. The molecule has 0 aliphatic carbocycles. The minimum absolute atomic E-state index is 0.0785. The molecular formula is C9H16O2. The summed E-state index contributed by atoms with van der Waals surface area (Å²) in [6.07, 6.45) is 3.85. The number of allylic oxidation sites excluding steroid dienone is 1. The van der Waals surface area contributed by atoms with E-state index in [1.54, 1.807) is 0 Å². The maximum atomic E-state index is 9.88. The van der Waals surface area contributed by atoms with E-state index in [4.69, 9.17) is 0 Å². The van der Waals surface area contributed by atoms with Crippen LogP contribution in [0.4, 0.5) is 0 Å². The van der Waals surface area contributed by atoms with E-state index in [9.17, 15) is 4.79 Å². The molecule has 11 heavy (non-hydrogen) atoms. The lowest BCUT2D eigenvalue weighted by Gasteiger charge is -2.21. The van der Waals surface area contributed by atoms with Gasteiger partial charge in [0.05, 0.1) is 6.61 Å². The number of hydrogen-bond acceptors (Lipinski definition) is 2. The highest BCUT2D eigenvalue weighted by Gasteiger charge is 2.16. The van der Waals surface area contributed by atoms with Crippen molar-refractivity contribution in [2.24, 2.45) is 5.41 Å². The standard InChI is InChI=1S/C9H16O2/c1-4-5-6-9(2,3)7-11-8-10/h4,8H,1,5-7H2,2-3H3. The Morgan fingerprint density at radius 2 is 2.18 bits per heavy atom. The van der Waals surface area contributed by atoms with E-state index < -0.39 is 0 Å². The van der Waals surface area contributed by atoms with Gasteiger partial charge in [-0.3, -0.25) is 4.79 Å². The van der Waals surface area contributed by atoms with Crippen LogP contribution in [0.1, 0.15) is 26.7 Å². The van der Waals surface area contributed by atoms with E-state index in [1.165, 1.54) is 0 Å². The van der Waals surface area contributed by atoms with E-state index >= 15 is 0 Å². The van der Waals surface area contributed by atoms with Crippen molar-refractivity contribution >= 4 is 6.47 Å². The van der Waals surface area contributed by atoms with Crippen LogP contribution in [-0.2, 0) is 9.53 Å². The summed E-state index contributed by atoms with van der Waals surface area (Å²) in [5.41, 5.74) is 0.0785. The van der Waals surface area contributed by atoms with E-state index in [0.29, 0.717) is 13.1 Å². The van der Waals surface area contributed by atoms with Gasteiger partial charge in [0.25, 0.3) is 6.47 Å². The van der Waals surface area contributed by atoms with Crippen LogP contribution in [-0.4, -0.2) is 13.1 Å². The second kappa shape index (κ2) is 4.94. The van der Waals surface area contributed by atoms with Gasteiger partial charge in [-0.2, -0.15) is 0 Å². The summed E-state index contributed by atoms with van der Waals surface area (Å²) in [5, 5.41) is 0. The van der Waals surface area contributed by atoms with E-state index in [2.05, 4.69) is 25.2 Å². The number of carbonyl (C=O) groups excluding carboxylic acids is 1. The number of rotatable bonds is 6. The Labute approximate surface area is 68.2 Å². The third-order valence-electron chi connectivity index (χ3n) is 1.57. The van der Waals surface area contributed by atoms with Gasteiger partial charge in [-0.1, -0.05) is 19.9 Å². The molecule has 0 aromatic heterocycles. The fourth-order valence-corrected chi connectivity index (χ4v) is 0.825. The summed E-state index contributed by atoms with van der Waals surface area (Å²) >= 11 is 0. The first-order valence-electron chi connectivity index (χ1n) is 3.78. The maximum absolute atomic E-state index is 9.88. The molecule has 0 fully saturated rings. The molecule has 2 nitrogen and oxygen atoms in total. The van der Waals surface area contributed by atoms with Crippen molar-refractivity contribution in [3.63, 3.8) is 0 Å². The van der Waals surface area contributed by atoms with Crippen LogP contribution in [0.2, 0.25) is 0 Å². The van der Waals surface area contributed by atoms with Crippen LogP contribution < -0.4 is 0 Å². The molecule has 0 saturated heterocycles. The molecular weight excluding hydrogens is 140 g/mol. The third-order valence-corrected chi connectivity index (χ3v) is 1.57. The van der Waals surface area contributed by atoms with Gasteiger partial charge < -0.3 is 4.74 Å². The average Bonchev–Trinajstić information content (AvgIpc) is 1.97. The number of ether oxygens (including phenoxy) is 1. The largest absolute Gasteiger partial charge is 0.467 e. The van der Waals surface area contributed by atoms with E-state index in [-0.39, 0.29) is 5.41 Å². The highest BCUT2D eigenvalue weighted by molar-refractivity contribution is 5.36. The lowest BCUT2D eigenvalue weighted by atomic mass is 9.89. The van der Waals surface area contributed by atoms with Crippen molar-refractivity contribution in [1.29, 1.82) is 0 Å². The molecule has 0 aliphatic rings. The van der Waals surface area contributed by atoms with Gasteiger partial charge in [-0.25, -0.2) is 0 Å². The topological polar surface area (TPSA) is 26.3 Å². The summed E-state index contributed by atoms with van der Waals surface area (Å²) in [6, 6.07) is 0. The second-order valence-electron chi connectivity index (χ2n) is 3.40. The second-order valence-corrected chi connectivity index (χ2v) is 3.40. The Balaban J connectivity index is 3.59. The first-order valence-corrected chi connectivity index (χ1v) is 3.78. The van der Waals surface area contributed by atoms with Gasteiger partial charge in [0.15, 0.2) is 0 Å². The fourth-order valence-electron chi connectivity index (χ4n) is 0.825. The summed E-state index contributed by atoms with van der Waals surface area (Å²) in [5.74, 6) is 0. The lowest BCUT2D eigenvalue weighted by Crippen LogP contribution is -2.18. The molecule has 0 saturated carbocycles. The van der Waals surface area contributed by atoms with Crippen LogP contribution in [0.25, 0.3) is 0 Å². The quantitative estimate of drug-likeness (QED) is 0.435. The zero-order chi connectivity index (χ0) is 8.74. The molecule has 0 bridgehead atoms. The third kappa shape index (κ3) is 5.64. The molecule has 64 valence electrons. The van der Waals surface area contributed by atoms with Crippen LogP contribution in [0.15, 0.2) is 12.7 Å². The Morgan fingerprint density at radius 1 is 1.55 bits per heavy atom. The predicted octanol–water partition coefficient (Wildman–Crippen LogP) is 2.15. The van der Waals surface area contributed by atoms with Crippen LogP contribution >= 0.6 is 0 Å². The van der Waals surface area contributed by atoms with Gasteiger partial charge >= 0.3 is 0 Å². The monoisotopic (exact) mass is 156 g/mol. The van der Waals surface area contributed by atoms with Crippen molar-refractivity contribution in [3.05, 3.63) is 12.7 Å². The number of hydrogen-bond donors (Lipinski definition) is 0. The molecule has 0 aliphatic heterocycles. The van der Waals surface area contributed by atoms with E-state index in [0.717, 1.165) is 12.8 Å². The van der Waals surface area contributed by atoms with Gasteiger partial charge in [0.1, 0.15) is 0 Å². The van der Waals surface area contributed by atoms with Crippen molar-refractivity contribution < 1.29 is 9.53 Å². The predicted molar refractivity (Wildman–Crippen MR) is 45.2 cm³/mol. The van der Waals surface area contributed by atoms with E-state index in [1.807, 2.05) is 6.08 Å². The first kappa shape index (κ1) is 10.2. The van der Waals surface area contributed by atoms with Gasteiger partial charge in [0, 0.05) is 0 Å². The molecule has 0 unspecified atom stereocenters. The highest BCUT2D eigenvalue weighted by Crippen LogP contribution is 2.22. The first-order chi connectivity index (χ1) is 5.12. The van der Waals surface area contributed by atoms with Gasteiger partial charge in [0.2, 0.25) is 0 Å². The molecule has 0 heterocycles. The fraction of sp³-hybridized carbons (Fsp3) is 0.667. The van der Waals surface area contributed by atoms with Gasteiger partial charge in [-0.05, 0) is 18.3 Å². The summed E-state index contributed by atoms with van der Waals surface area (Å²) in [6.45, 7) is 8.76. The molecule has 0 aromatic rings. The van der Waals surface area contributed by atoms with Crippen molar-refractivity contribution in [1.82, 2.24) is 0 Å². The Kier molecular flexibility index (Phi) is 4.59. The van der Waals surface area contributed by atoms with Crippen LogP contribution in [0.5, 0.6) is 0 Å². The normalized spacial score (nSPS) is 10.7. The summed E-state index contributed by atoms with van der Waals surface area (Å²) in [7, 11) is 0. The molecule has 0 N–H and O–H groups in total. The minimum atomic E-state index is 0.0785.